The minimum Gasteiger partial charge on any atom is -0.338 e. The summed E-state index contributed by atoms with van der Waals surface area (Å²) in [4.78, 5) is 14.2. The molecule has 2 N–H and O–H groups in total. The summed E-state index contributed by atoms with van der Waals surface area (Å²) < 4.78 is 13.4. The molecule has 0 aromatic heterocycles. The molecule has 0 aliphatic carbocycles. The second-order valence-electron chi connectivity index (χ2n) is 5.57. The summed E-state index contributed by atoms with van der Waals surface area (Å²) in [6, 6.07) is 2.71. The highest BCUT2D eigenvalue weighted by molar-refractivity contribution is 6.33. The molecule has 1 aromatic carbocycles. The SMILES string of the molecule is Cc1cc(C(=O)N2CCC(C)(CN)C2)c(Cl)cc1F.Cl. The lowest BCUT2D eigenvalue weighted by molar-refractivity contribution is 0.0777. The molecule has 0 saturated carbocycles. The summed E-state index contributed by atoms with van der Waals surface area (Å²) >= 11 is 5.97. The van der Waals surface area contributed by atoms with Crippen LogP contribution >= 0.6 is 24.0 Å². The molecule has 1 aliphatic rings. The molecule has 112 valence electrons. The number of nitrogens with two attached hydrogens (primary N) is 1. The number of rotatable bonds is 2. The lowest BCUT2D eigenvalue weighted by Crippen LogP contribution is -2.34. The van der Waals surface area contributed by atoms with Crippen LogP contribution in [-0.4, -0.2) is 30.4 Å². The van der Waals surface area contributed by atoms with E-state index in [9.17, 15) is 9.18 Å². The number of likely N-dealkylation sites (tertiary alicyclic amines) is 1. The number of aryl methyl sites for hydroxylation is 1. The Balaban J connectivity index is 0.00000200. The number of halogens is 3. The van der Waals surface area contributed by atoms with Gasteiger partial charge in [-0.1, -0.05) is 18.5 Å². The smallest absolute Gasteiger partial charge is 0.255 e. The van der Waals surface area contributed by atoms with Gasteiger partial charge in [-0.15, -0.1) is 12.4 Å². The van der Waals surface area contributed by atoms with Crippen LogP contribution in [0.25, 0.3) is 0 Å². The number of nitrogens with zero attached hydrogens (tertiary/aromatic N) is 1. The molecule has 3 nitrogen and oxygen atoms in total. The minimum absolute atomic E-state index is 0. The molecule has 1 atom stereocenters. The average Bonchev–Trinajstić information content (AvgIpc) is 2.77. The fourth-order valence-electron chi connectivity index (χ4n) is 2.36. The predicted octanol–water partition coefficient (Wildman–Crippen LogP) is 3.02. The van der Waals surface area contributed by atoms with Crippen molar-refractivity contribution in [2.75, 3.05) is 19.6 Å². The molecular weight excluding hydrogens is 302 g/mol. The van der Waals surface area contributed by atoms with Crippen LogP contribution in [0.5, 0.6) is 0 Å². The molecular formula is C14H19Cl2FN2O. The van der Waals surface area contributed by atoms with Gasteiger partial charge in [-0.05, 0) is 43.0 Å². The third kappa shape index (κ3) is 3.25. The van der Waals surface area contributed by atoms with Crippen molar-refractivity contribution < 1.29 is 9.18 Å². The topological polar surface area (TPSA) is 46.3 Å². The Labute approximate surface area is 129 Å². The van der Waals surface area contributed by atoms with Gasteiger partial charge in [-0.3, -0.25) is 4.79 Å². The Kier molecular flexibility index (Phi) is 5.41. The zero-order valence-corrected chi connectivity index (χ0v) is 13.2. The van der Waals surface area contributed by atoms with E-state index in [0.29, 0.717) is 30.8 Å². The molecule has 1 unspecified atom stereocenters. The summed E-state index contributed by atoms with van der Waals surface area (Å²) in [7, 11) is 0. The van der Waals surface area contributed by atoms with E-state index >= 15 is 0 Å². The molecule has 1 fully saturated rings. The van der Waals surface area contributed by atoms with Crippen molar-refractivity contribution in [3.05, 3.63) is 34.1 Å². The molecule has 0 radical (unpaired) electrons. The zero-order valence-electron chi connectivity index (χ0n) is 11.6. The Morgan fingerprint density at radius 1 is 1.55 bits per heavy atom. The van der Waals surface area contributed by atoms with Crippen molar-refractivity contribution in [1.29, 1.82) is 0 Å². The fraction of sp³-hybridized carbons (Fsp3) is 0.500. The van der Waals surface area contributed by atoms with Gasteiger partial charge in [0.1, 0.15) is 5.82 Å². The highest BCUT2D eigenvalue weighted by Gasteiger charge is 2.35. The van der Waals surface area contributed by atoms with E-state index in [1.54, 1.807) is 11.8 Å². The second-order valence-corrected chi connectivity index (χ2v) is 5.98. The quantitative estimate of drug-likeness (QED) is 0.910. The summed E-state index contributed by atoms with van der Waals surface area (Å²) in [6.07, 6.45) is 0.882. The first-order chi connectivity index (χ1) is 8.86. The molecule has 1 aliphatic heterocycles. The third-order valence-electron chi connectivity index (χ3n) is 3.82. The van der Waals surface area contributed by atoms with Crippen molar-refractivity contribution >= 4 is 29.9 Å². The monoisotopic (exact) mass is 320 g/mol. The Bertz CT molecular complexity index is 524. The van der Waals surface area contributed by atoms with Crippen molar-refractivity contribution in [3.63, 3.8) is 0 Å². The fourth-order valence-corrected chi connectivity index (χ4v) is 2.59. The van der Waals surface area contributed by atoms with Gasteiger partial charge in [0.2, 0.25) is 0 Å². The average molecular weight is 321 g/mol. The maximum Gasteiger partial charge on any atom is 0.255 e. The maximum absolute atomic E-state index is 13.4. The van der Waals surface area contributed by atoms with Crippen LogP contribution in [0.4, 0.5) is 4.39 Å². The highest BCUT2D eigenvalue weighted by atomic mass is 35.5. The van der Waals surface area contributed by atoms with E-state index in [4.69, 9.17) is 17.3 Å². The Morgan fingerprint density at radius 2 is 2.20 bits per heavy atom. The molecule has 0 spiro atoms. The van der Waals surface area contributed by atoms with Crippen molar-refractivity contribution in [1.82, 2.24) is 4.90 Å². The number of carbonyl (C=O) groups excluding carboxylic acids is 1. The normalized spacial score (nSPS) is 21.8. The van der Waals surface area contributed by atoms with E-state index < -0.39 is 5.82 Å². The third-order valence-corrected chi connectivity index (χ3v) is 4.13. The Morgan fingerprint density at radius 3 is 2.75 bits per heavy atom. The highest BCUT2D eigenvalue weighted by Crippen LogP contribution is 2.31. The maximum atomic E-state index is 13.4. The van der Waals surface area contributed by atoms with Gasteiger partial charge < -0.3 is 10.6 Å². The lowest BCUT2D eigenvalue weighted by Gasteiger charge is -2.23. The standard InChI is InChI=1S/C14H18ClFN2O.ClH/c1-9-5-10(11(15)6-12(9)16)13(19)18-4-3-14(2,7-17)8-18;/h5-6H,3-4,7-8,17H2,1-2H3;1H. The lowest BCUT2D eigenvalue weighted by atomic mass is 9.90. The molecule has 1 heterocycles. The van der Waals surface area contributed by atoms with Gasteiger partial charge in [-0.25, -0.2) is 4.39 Å². The van der Waals surface area contributed by atoms with Crippen molar-refractivity contribution in [2.24, 2.45) is 11.1 Å². The first-order valence-corrected chi connectivity index (χ1v) is 6.69. The Hall–Kier alpha value is -0.840. The number of hydrogen-bond donors (Lipinski definition) is 1. The van der Waals surface area contributed by atoms with Crippen LogP contribution in [0.1, 0.15) is 29.3 Å². The largest absolute Gasteiger partial charge is 0.338 e. The molecule has 6 heteroatoms. The van der Waals surface area contributed by atoms with Crippen LogP contribution in [0.2, 0.25) is 5.02 Å². The number of carbonyl (C=O) groups is 1. The predicted molar refractivity (Wildman–Crippen MR) is 81.1 cm³/mol. The number of hydrogen-bond acceptors (Lipinski definition) is 2. The summed E-state index contributed by atoms with van der Waals surface area (Å²) in [6.45, 7) is 5.52. The van der Waals surface area contributed by atoms with Gasteiger partial charge in [0.15, 0.2) is 0 Å². The molecule has 1 aromatic rings. The van der Waals surface area contributed by atoms with E-state index in [0.717, 1.165) is 6.42 Å². The molecule has 2 rings (SSSR count). The van der Waals surface area contributed by atoms with Crippen LogP contribution < -0.4 is 5.73 Å². The number of benzene rings is 1. The molecule has 1 amide bonds. The van der Waals surface area contributed by atoms with Gasteiger partial charge in [0.25, 0.3) is 5.91 Å². The zero-order chi connectivity index (χ0) is 14.2. The minimum atomic E-state index is -0.394. The second kappa shape index (κ2) is 6.29. The van der Waals surface area contributed by atoms with Crippen LogP contribution in [0.15, 0.2) is 12.1 Å². The van der Waals surface area contributed by atoms with Crippen LogP contribution in [0, 0.1) is 18.2 Å². The first kappa shape index (κ1) is 17.2. The first-order valence-electron chi connectivity index (χ1n) is 6.31. The van der Waals surface area contributed by atoms with Crippen molar-refractivity contribution in [2.45, 2.75) is 20.3 Å². The van der Waals surface area contributed by atoms with E-state index in [1.807, 2.05) is 0 Å². The van der Waals surface area contributed by atoms with Crippen molar-refractivity contribution in [3.8, 4) is 0 Å². The number of amides is 1. The van der Waals surface area contributed by atoms with E-state index in [2.05, 4.69) is 6.92 Å². The molecule has 20 heavy (non-hydrogen) atoms. The van der Waals surface area contributed by atoms with Crippen LogP contribution in [0.3, 0.4) is 0 Å². The molecule has 1 saturated heterocycles. The summed E-state index contributed by atoms with van der Waals surface area (Å²) in [5, 5.41) is 0.162. The summed E-state index contributed by atoms with van der Waals surface area (Å²) in [5.74, 6) is -0.542. The van der Waals surface area contributed by atoms with E-state index in [1.165, 1.54) is 12.1 Å². The van der Waals surface area contributed by atoms with Gasteiger partial charge >= 0.3 is 0 Å². The summed E-state index contributed by atoms with van der Waals surface area (Å²) in [5.41, 5.74) is 6.49. The van der Waals surface area contributed by atoms with Gasteiger partial charge in [-0.2, -0.15) is 0 Å². The van der Waals surface area contributed by atoms with Gasteiger partial charge in [0.05, 0.1) is 10.6 Å². The van der Waals surface area contributed by atoms with E-state index in [-0.39, 0.29) is 28.8 Å². The van der Waals surface area contributed by atoms with Crippen LogP contribution in [-0.2, 0) is 0 Å². The molecule has 0 bridgehead atoms. The van der Waals surface area contributed by atoms with Gasteiger partial charge in [0, 0.05) is 13.1 Å².